The van der Waals surface area contributed by atoms with Crippen LogP contribution in [0.4, 0.5) is 0 Å². The molecule has 1 aromatic carbocycles. The van der Waals surface area contributed by atoms with Crippen molar-refractivity contribution in [1.82, 2.24) is 4.90 Å². The number of fused-ring (bicyclic) bond motifs is 1. The average Bonchev–Trinajstić information content (AvgIpc) is 3.36. The molecule has 1 saturated carbocycles. The molecule has 34 heavy (non-hydrogen) atoms. The van der Waals surface area contributed by atoms with E-state index in [9.17, 15) is 15.0 Å². The Hall–Kier alpha value is -1.91. The van der Waals surface area contributed by atoms with Crippen molar-refractivity contribution in [2.45, 2.75) is 87.1 Å². The number of aliphatic hydroxyl groups is 2. The van der Waals surface area contributed by atoms with Gasteiger partial charge in [0.25, 0.3) is 0 Å². The molecule has 3 fully saturated rings. The van der Waals surface area contributed by atoms with Crippen LogP contribution >= 0.6 is 0 Å². The zero-order valence-electron chi connectivity index (χ0n) is 20.1. The summed E-state index contributed by atoms with van der Waals surface area (Å²) in [7, 11) is 1.59. The molecule has 0 aromatic heterocycles. The fourth-order valence-electron chi connectivity index (χ4n) is 7.23. The first-order valence-electron chi connectivity index (χ1n) is 12.1. The topological polar surface area (TPSA) is 107 Å². The minimum atomic E-state index is -1.87. The summed E-state index contributed by atoms with van der Waals surface area (Å²) < 4.78 is 30.3. The Morgan fingerprint density at radius 2 is 1.91 bits per heavy atom. The van der Waals surface area contributed by atoms with Crippen LogP contribution in [0.25, 0.3) is 0 Å². The van der Waals surface area contributed by atoms with Crippen LogP contribution in [-0.4, -0.2) is 76.7 Å². The first-order chi connectivity index (χ1) is 16.0. The van der Waals surface area contributed by atoms with Gasteiger partial charge in [-0.25, -0.2) is 4.79 Å². The van der Waals surface area contributed by atoms with Gasteiger partial charge in [0.1, 0.15) is 0 Å². The highest BCUT2D eigenvalue weighted by molar-refractivity contribution is 5.79. The minimum absolute atomic E-state index is 0.160. The summed E-state index contributed by atoms with van der Waals surface area (Å²) in [4.78, 5) is 15.8. The molecule has 2 saturated heterocycles. The predicted octanol–water partition coefficient (Wildman–Crippen LogP) is 1.99. The predicted molar refractivity (Wildman–Crippen MR) is 118 cm³/mol. The van der Waals surface area contributed by atoms with Gasteiger partial charge < -0.3 is 33.9 Å². The van der Waals surface area contributed by atoms with E-state index < -0.39 is 29.1 Å². The molecule has 9 nitrogen and oxygen atoms in total. The van der Waals surface area contributed by atoms with Crippen molar-refractivity contribution in [2.75, 3.05) is 27.0 Å². The number of carbonyl (C=O) groups excluding carboxylic acids is 1. The van der Waals surface area contributed by atoms with Crippen LogP contribution in [0, 0.1) is 0 Å². The number of ether oxygens (including phenoxy) is 5. The van der Waals surface area contributed by atoms with Crippen molar-refractivity contribution in [1.29, 1.82) is 0 Å². The molecule has 0 radical (unpaired) electrons. The highest BCUT2D eigenvalue weighted by Gasteiger charge is 2.72. The van der Waals surface area contributed by atoms with Crippen molar-refractivity contribution < 1.29 is 38.7 Å². The number of hydrogen-bond acceptors (Lipinski definition) is 9. The van der Waals surface area contributed by atoms with Crippen LogP contribution in [0.3, 0.4) is 0 Å². The molecular weight excluding hydrogens is 442 g/mol. The second-order valence-electron chi connectivity index (χ2n) is 11.4. The highest BCUT2D eigenvalue weighted by Crippen LogP contribution is 2.65. The monoisotopic (exact) mass is 475 g/mol. The highest BCUT2D eigenvalue weighted by atomic mass is 16.7. The summed E-state index contributed by atoms with van der Waals surface area (Å²) in [6.07, 6.45) is 1.32. The van der Waals surface area contributed by atoms with Gasteiger partial charge in [0.15, 0.2) is 23.2 Å². The zero-order valence-corrected chi connectivity index (χ0v) is 20.1. The molecule has 5 heterocycles. The van der Waals surface area contributed by atoms with Crippen molar-refractivity contribution in [3.8, 4) is 11.5 Å². The maximum Gasteiger partial charge on any atom is 0.338 e. The molecule has 0 amide bonds. The molecule has 9 heteroatoms. The summed E-state index contributed by atoms with van der Waals surface area (Å²) in [5.41, 5.74) is -1.38. The maximum atomic E-state index is 13.3. The smallest absolute Gasteiger partial charge is 0.338 e. The fourth-order valence-corrected chi connectivity index (χ4v) is 7.23. The van der Waals surface area contributed by atoms with Crippen molar-refractivity contribution in [3.63, 3.8) is 0 Å². The molecular formula is C25H33NO8. The maximum absolute atomic E-state index is 13.3. The molecule has 4 bridgehead atoms. The molecule has 1 aromatic rings. The van der Waals surface area contributed by atoms with Crippen molar-refractivity contribution >= 4 is 5.97 Å². The van der Waals surface area contributed by atoms with E-state index in [1.165, 1.54) is 6.92 Å². The number of hydrogen-bond donors (Lipinski definition) is 2. The number of rotatable bonds is 5. The zero-order chi connectivity index (χ0) is 24.1. The fraction of sp³-hybridized carbons (Fsp3) is 0.720. The van der Waals surface area contributed by atoms with E-state index in [4.69, 9.17) is 23.7 Å². The summed E-state index contributed by atoms with van der Waals surface area (Å²) in [5.74, 6) is -0.809. The Kier molecular flexibility index (Phi) is 4.69. The Balaban J connectivity index is 1.47. The standard InChI is InChI=1S/C25H33NO8/c1-22(2,28)11-23(3,29)21(27)33-20-19-15-9-17-16(31-13-32-17)8-14(15)18-10-26-7-5-6-24(19,26)12-25(20,30-4)34-18/h8-9,18-20,28-29H,5-7,10-13H2,1-4H3/t18-,19-,20+,23+,24+,25-/m1/s1. The minimum Gasteiger partial charge on any atom is -0.454 e. The van der Waals surface area contributed by atoms with Gasteiger partial charge in [-0.05, 0) is 63.4 Å². The van der Waals surface area contributed by atoms with Crippen LogP contribution in [0.2, 0.25) is 0 Å². The largest absolute Gasteiger partial charge is 0.454 e. The third-order valence-corrected chi connectivity index (χ3v) is 8.32. The van der Waals surface area contributed by atoms with E-state index in [0.717, 1.165) is 37.1 Å². The average molecular weight is 476 g/mol. The van der Waals surface area contributed by atoms with Crippen molar-refractivity contribution in [3.05, 3.63) is 23.3 Å². The Labute approximate surface area is 198 Å². The molecule has 0 unspecified atom stereocenters. The number of methoxy groups -OCH3 is 1. The lowest BCUT2D eigenvalue weighted by Crippen LogP contribution is -2.52. The van der Waals surface area contributed by atoms with Gasteiger partial charge in [-0.2, -0.15) is 0 Å². The summed E-state index contributed by atoms with van der Waals surface area (Å²) in [6, 6.07) is 4.00. The van der Waals surface area contributed by atoms with Gasteiger partial charge in [-0.3, -0.25) is 4.90 Å². The number of benzene rings is 1. The first-order valence-corrected chi connectivity index (χ1v) is 12.1. The van der Waals surface area contributed by atoms with E-state index in [-0.39, 0.29) is 30.8 Å². The van der Waals surface area contributed by atoms with E-state index in [1.54, 1.807) is 21.0 Å². The quantitative estimate of drug-likeness (QED) is 0.618. The lowest BCUT2D eigenvalue weighted by atomic mass is 9.78. The second-order valence-corrected chi connectivity index (χ2v) is 11.4. The van der Waals surface area contributed by atoms with Crippen LogP contribution in [-0.2, 0) is 19.0 Å². The lowest BCUT2D eigenvalue weighted by molar-refractivity contribution is -0.284. The molecule has 6 aliphatic rings. The number of esters is 1. The van der Waals surface area contributed by atoms with Crippen LogP contribution in [0.1, 0.15) is 69.6 Å². The van der Waals surface area contributed by atoms with Gasteiger partial charge >= 0.3 is 5.97 Å². The lowest BCUT2D eigenvalue weighted by Gasteiger charge is -2.40. The second kappa shape index (κ2) is 7.07. The van der Waals surface area contributed by atoms with Gasteiger partial charge in [-0.1, -0.05) is 0 Å². The first kappa shape index (κ1) is 22.5. The normalized spacial score (nSPS) is 37.2. The van der Waals surface area contributed by atoms with Gasteiger partial charge in [-0.15, -0.1) is 0 Å². The van der Waals surface area contributed by atoms with E-state index in [0.29, 0.717) is 17.9 Å². The molecule has 1 aliphatic carbocycles. The Morgan fingerprint density at radius 3 is 2.59 bits per heavy atom. The van der Waals surface area contributed by atoms with E-state index >= 15 is 0 Å². The molecule has 7 rings (SSSR count). The molecule has 1 spiro atoms. The summed E-state index contributed by atoms with van der Waals surface area (Å²) >= 11 is 0. The summed E-state index contributed by atoms with van der Waals surface area (Å²) in [5, 5.41) is 21.2. The van der Waals surface area contributed by atoms with Gasteiger partial charge in [0.2, 0.25) is 12.6 Å². The molecule has 5 aliphatic heterocycles. The molecule has 186 valence electrons. The Bertz CT molecular complexity index is 1030. The van der Waals surface area contributed by atoms with Crippen molar-refractivity contribution in [2.24, 2.45) is 0 Å². The van der Waals surface area contributed by atoms with Crippen LogP contribution in [0.15, 0.2) is 12.1 Å². The third-order valence-electron chi connectivity index (χ3n) is 8.32. The van der Waals surface area contributed by atoms with Crippen LogP contribution in [0.5, 0.6) is 11.5 Å². The third kappa shape index (κ3) is 3.07. The SMILES string of the molecule is CO[C@]12C[C@]34CCCN3C[C@@H](O1)c1cc3c(cc1[C@@H]4[C@@H]2OC(=O)[C@@](C)(O)CC(C)(C)O)OCO3. The number of carbonyl (C=O) groups is 1. The van der Waals surface area contributed by atoms with Gasteiger partial charge in [0, 0.05) is 38.0 Å². The van der Waals surface area contributed by atoms with E-state index in [2.05, 4.69) is 4.90 Å². The summed E-state index contributed by atoms with van der Waals surface area (Å²) in [6.45, 7) is 6.32. The molecule has 2 N–H and O–H groups in total. The van der Waals surface area contributed by atoms with E-state index in [1.807, 2.05) is 12.1 Å². The number of nitrogens with zero attached hydrogens (tertiary/aromatic N) is 1. The Morgan fingerprint density at radius 1 is 1.21 bits per heavy atom. The molecule has 6 atom stereocenters. The van der Waals surface area contributed by atoms with Gasteiger partial charge in [0.05, 0.1) is 11.7 Å². The van der Waals surface area contributed by atoms with Crippen LogP contribution < -0.4 is 9.47 Å².